The van der Waals surface area contributed by atoms with Gasteiger partial charge in [-0.25, -0.2) is 0 Å². The van der Waals surface area contributed by atoms with Crippen molar-refractivity contribution in [2.45, 2.75) is 6.54 Å². The van der Waals surface area contributed by atoms with Crippen LogP contribution in [0, 0.1) is 0 Å². The Morgan fingerprint density at radius 2 is 1.85 bits per heavy atom. The second kappa shape index (κ2) is 8.67. The third kappa shape index (κ3) is 3.61. The topological polar surface area (TPSA) is 90.5 Å². The van der Waals surface area contributed by atoms with Crippen LogP contribution in [-0.2, 0) is 11.3 Å². The fraction of sp³-hybridized carbons (Fsp3) is 0.0769. The minimum Gasteiger partial charge on any atom is -0.496 e. The van der Waals surface area contributed by atoms with Crippen molar-refractivity contribution in [3.63, 3.8) is 0 Å². The zero-order valence-corrected chi connectivity index (χ0v) is 18.4. The maximum atomic E-state index is 13.5. The standard InChI is InChI=1S/C26H21N5O3/c1-3-23(32)27-18-10-8-9-17(15-18)16-30-25(33)19-11-4-6-13-21(19)31-24(28-29-26(30)31)20-12-5-7-14-22(20)34-2/h3-15H,1,16H2,2H3,(H,27,32). The Labute approximate surface area is 194 Å². The van der Waals surface area contributed by atoms with Crippen LogP contribution in [0.5, 0.6) is 5.75 Å². The maximum absolute atomic E-state index is 13.5. The lowest BCUT2D eigenvalue weighted by Crippen LogP contribution is -2.24. The Kier molecular flexibility index (Phi) is 5.39. The van der Waals surface area contributed by atoms with Gasteiger partial charge in [0.1, 0.15) is 5.75 Å². The molecule has 1 amide bonds. The van der Waals surface area contributed by atoms with E-state index in [1.54, 1.807) is 23.8 Å². The number of aromatic nitrogens is 4. The van der Waals surface area contributed by atoms with Gasteiger partial charge < -0.3 is 10.1 Å². The van der Waals surface area contributed by atoms with Gasteiger partial charge in [0.15, 0.2) is 5.82 Å². The number of anilines is 1. The second-order valence-electron chi connectivity index (χ2n) is 7.66. The van der Waals surface area contributed by atoms with Gasteiger partial charge in [-0.05, 0) is 48.0 Å². The van der Waals surface area contributed by atoms with E-state index in [1.807, 2.05) is 65.1 Å². The molecule has 3 aromatic carbocycles. The van der Waals surface area contributed by atoms with Gasteiger partial charge in [0.25, 0.3) is 5.56 Å². The molecule has 0 unspecified atom stereocenters. The van der Waals surface area contributed by atoms with Crippen LogP contribution in [0.3, 0.4) is 0 Å². The number of amides is 1. The molecular formula is C26H21N5O3. The first-order valence-corrected chi connectivity index (χ1v) is 10.6. The Morgan fingerprint density at radius 3 is 2.68 bits per heavy atom. The van der Waals surface area contributed by atoms with E-state index < -0.39 is 0 Å². The summed E-state index contributed by atoms with van der Waals surface area (Å²) in [5.41, 5.74) is 2.73. The van der Waals surface area contributed by atoms with E-state index in [2.05, 4.69) is 22.1 Å². The SMILES string of the molecule is C=CC(=O)Nc1cccc(Cn2c(=O)c3ccccc3n3c(-c4ccccc4OC)nnc23)c1. The Bertz CT molecular complexity index is 1620. The largest absolute Gasteiger partial charge is 0.496 e. The molecule has 0 aliphatic rings. The normalized spacial score (nSPS) is 11.0. The van der Waals surface area contributed by atoms with Gasteiger partial charge in [0, 0.05) is 5.69 Å². The summed E-state index contributed by atoms with van der Waals surface area (Å²) < 4.78 is 9.00. The Hall–Kier alpha value is -4.72. The first-order chi connectivity index (χ1) is 16.6. The highest BCUT2D eigenvalue weighted by molar-refractivity contribution is 5.98. The molecule has 1 N–H and O–H groups in total. The van der Waals surface area contributed by atoms with E-state index in [1.165, 1.54) is 6.08 Å². The summed E-state index contributed by atoms with van der Waals surface area (Å²) in [7, 11) is 1.61. The number of rotatable bonds is 6. The van der Waals surface area contributed by atoms with Crippen molar-refractivity contribution in [2.24, 2.45) is 0 Å². The molecule has 0 saturated carbocycles. The number of nitrogens with one attached hydrogen (secondary N) is 1. The van der Waals surface area contributed by atoms with E-state index in [4.69, 9.17) is 4.74 Å². The highest BCUT2D eigenvalue weighted by atomic mass is 16.5. The molecular weight excluding hydrogens is 430 g/mol. The smallest absolute Gasteiger partial charge is 0.263 e. The van der Waals surface area contributed by atoms with Crippen LogP contribution in [0.2, 0.25) is 0 Å². The molecule has 8 heteroatoms. The predicted molar refractivity (Wildman–Crippen MR) is 131 cm³/mol. The number of carbonyl (C=O) groups excluding carboxylic acids is 1. The molecule has 2 heterocycles. The third-order valence-electron chi connectivity index (χ3n) is 5.58. The maximum Gasteiger partial charge on any atom is 0.263 e. The molecule has 5 aromatic rings. The summed E-state index contributed by atoms with van der Waals surface area (Å²) in [5, 5.41) is 12.1. The fourth-order valence-electron chi connectivity index (χ4n) is 4.03. The Balaban J connectivity index is 1.72. The van der Waals surface area contributed by atoms with Crippen molar-refractivity contribution >= 4 is 28.3 Å². The summed E-state index contributed by atoms with van der Waals surface area (Å²) in [5.74, 6) is 1.33. The number of hydrogen-bond acceptors (Lipinski definition) is 5. The van der Waals surface area contributed by atoms with Crippen LogP contribution in [0.4, 0.5) is 5.69 Å². The van der Waals surface area contributed by atoms with Crippen molar-refractivity contribution in [1.29, 1.82) is 0 Å². The molecule has 168 valence electrons. The number of para-hydroxylation sites is 2. The summed E-state index contributed by atoms with van der Waals surface area (Å²) in [6.07, 6.45) is 1.21. The quantitative estimate of drug-likeness (QED) is 0.396. The number of benzene rings is 3. The van der Waals surface area contributed by atoms with Gasteiger partial charge >= 0.3 is 0 Å². The van der Waals surface area contributed by atoms with Crippen LogP contribution < -0.4 is 15.6 Å². The molecule has 0 fully saturated rings. The minimum absolute atomic E-state index is 0.178. The lowest BCUT2D eigenvalue weighted by atomic mass is 10.1. The molecule has 0 spiro atoms. The number of ether oxygens (including phenoxy) is 1. The molecule has 0 aliphatic carbocycles. The lowest BCUT2D eigenvalue weighted by molar-refractivity contribution is -0.111. The van der Waals surface area contributed by atoms with Crippen molar-refractivity contribution in [2.75, 3.05) is 12.4 Å². The lowest BCUT2D eigenvalue weighted by Gasteiger charge is -2.13. The molecule has 0 saturated heterocycles. The first kappa shape index (κ1) is 21.1. The van der Waals surface area contributed by atoms with Crippen LogP contribution in [0.15, 0.2) is 90.2 Å². The molecule has 8 nitrogen and oxygen atoms in total. The van der Waals surface area contributed by atoms with Crippen LogP contribution in [0.25, 0.3) is 28.1 Å². The number of methoxy groups -OCH3 is 1. The molecule has 5 rings (SSSR count). The van der Waals surface area contributed by atoms with E-state index in [-0.39, 0.29) is 18.0 Å². The zero-order chi connectivity index (χ0) is 23.7. The van der Waals surface area contributed by atoms with Crippen molar-refractivity contribution < 1.29 is 9.53 Å². The predicted octanol–water partition coefficient (Wildman–Crippen LogP) is 3.89. The van der Waals surface area contributed by atoms with Gasteiger partial charge in [-0.3, -0.25) is 18.6 Å². The highest BCUT2D eigenvalue weighted by Gasteiger charge is 2.19. The number of carbonyl (C=O) groups is 1. The average Bonchev–Trinajstić information content (AvgIpc) is 3.31. The van der Waals surface area contributed by atoms with Crippen molar-refractivity contribution in [3.05, 3.63) is 101 Å². The molecule has 0 atom stereocenters. The van der Waals surface area contributed by atoms with Crippen molar-refractivity contribution in [1.82, 2.24) is 19.2 Å². The van der Waals surface area contributed by atoms with Gasteiger partial charge in [-0.1, -0.05) is 43.0 Å². The summed E-state index contributed by atoms with van der Waals surface area (Å²) in [6, 6.07) is 22.2. The van der Waals surface area contributed by atoms with Crippen molar-refractivity contribution in [3.8, 4) is 17.1 Å². The minimum atomic E-state index is -0.304. The van der Waals surface area contributed by atoms with Crippen LogP contribution >= 0.6 is 0 Å². The summed E-state index contributed by atoms with van der Waals surface area (Å²) in [4.78, 5) is 25.2. The monoisotopic (exact) mass is 451 g/mol. The highest BCUT2D eigenvalue weighted by Crippen LogP contribution is 2.30. The molecule has 0 bridgehead atoms. The zero-order valence-electron chi connectivity index (χ0n) is 18.4. The molecule has 0 aliphatic heterocycles. The van der Waals surface area contributed by atoms with E-state index in [0.717, 1.165) is 11.1 Å². The van der Waals surface area contributed by atoms with Crippen LogP contribution in [-0.4, -0.2) is 32.2 Å². The van der Waals surface area contributed by atoms with Gasteiger partial charge in [-0.15, -0.1) is 10.2 Å². The molecule has 2 aromatic heterocycles. The number of nitrogens with zero attached hydrogens (tertiary/aromatic N) is 4. The number of hydrogen-bond donors (Lipinski definition) is 1. The first-order valence-electron chi connectivity index (χ1n) is 10.6. The fourth-order valence-corrected chi connectivity index (χ4v) is 4.03. The summed E-state index contributed by atoms with van der Waals surface area (Å²) >= 11 is 0. The van der Waals surface area contributed by atoms with E-state index in [9.17, 15) is 9.59 Å². The molecule has 34 heavy (non-hydrogen) atoms. The van der Waals surface area contributed by atoms with Crippen LogP contribution in [0.1, 0.15) is 5.56 Å². The van der Waals surface area contributed by atoms with Gasteiger partial charge in [-0.2, -0.15) is 0 Å². The Morgan fingerprint density at radius 1 is 1.06 bits per heavy atom. The third-order valence-corrected chi connectivity index (χ3v) is 5.58. The average molecular weight is 451 g/mol. The second-order valence-corrected chi connectivity index (χ2v) is 7.66. The van der Waals surface area contributed by atoms with E-state index in [0.29, 0.717) is 33.9 Å². The van der Waals surface area contributed by atoms with Gasteiger partial charge in [0.2, 0.25) is 11.7 Å². The van der Waals surface area contributed by atoms with E-state index >= 15 is 0 Å². The molecule has 0 radical (unpaired) electrons. The number of fused-ring (bicyclic) bond motifs is 3. The van der Waals surface area contributed by atoms with Gasteiger partial charge in [0.05, 0.1) is 30.1 Å². The summed E-state index contributed by atoms with van der Waals surface area (Å²) in [6.45, 7) is 3.72.